The summed E-state index contributed by atoms with van der Waals surface area (Å²) in [6, 6.07) is 1.72. The molecule has 0 radical (unpaired) electrons. The van der Waals surface area contributed by atoms with Crippen molar-refractivity contribution < 1.29 is 31.9 Å². The third-order valence-corrected chi connectivity index (χ3v) is 5.51. The molecule has 0 unspecified atom stereocenters. The van der Waals surface area contributed by atoms with Crippen molar-refractivity contribution in [3.8, 4) is 0 Å². The highest BCUT2D eigenvalue weighted by molar-refractivity contribution is 7.84. The molecule has 0 saturated carbocycles. The zero-order valence-corrected chi connectivity index (χ0v) is 14.3. The molecule has 2 saturated heterocycles. The van der Waals surface area contributed by atoms with Crippen LogP contribution in [0.5, 0.6) is 0 Å². The van der Waals surface area contributed by atoms with E-state index in [0.717, 1.165) is 0 Å². The van der Waals surface area contributed by atoms with Crippen LogP contribution in [-0.4, -0.2) is 58.4 Å². The second-order valence-corrected chi connectivity index (χ2v) is 7.32. The first kappa shape index (κ1) is 17.5. The van der Waals surface area contributed by atoms with Crippen molar-refractivity contribution in [1.82, 2.24) is 9.21 Å². The number of Topliss-reactive ketones (excluding diaryl/α,β-unsaturated/α-hetero) is 1. The van der Waals surface area contributed by atoms with Crippen LogP contribution in [0.4, 0.5) is 0 Å². The summed E-state index contributed by atoms with van der Waals surface area (Å²) in [7, 11) is -4.58. The Balaban J connectivity index is 1.67. The van der Waals surface area contributed by atoms with Crippen LogP contribution < -0.4 is 4.57 Å². The first-order valence-electron chi connectivity index (χ1n) is 7.86. The predicted octanol–water partition coefficient (Wildman–Crippen LogP) is -0.819. The number of carbonyl (C=O) groups is 3. The largest absolute Gasteiger partial charge is 0.362 e. The monoisotopic (exact) mass is 368 g/mol. The molecule has 0 bridgehead atoms. The lowest BCUT2D eigenvalue weighted by Crippen LogP contribution is -2.68. The molecule has 2 fully saturated rings. The van der Waals surface area contributed by atoms with Crippen LogP contribution in [0.15, 0.2) is 24.5 Å². The van der Waals surface area contributed by atoms with E-state index in [4.69, 9.17) is 4.55 Å². The number of fused-ring (bicyclic) bond motifs is 1. The predicted molar refractivity (Wildman–Crippen MR) is 83.6 cm³/mol. The summed E-state index contributed by atoms with van der Waals surface area (Å²) in [5, 5.41) is 0. The Kier molecular flexibility index (Phi) is 4.33. The average Bonchev–Trinajstić information content (AvgIpc) is 2.92. The molecule has 0 aromatic carbocycles. The summed E-state index contributed by atoms with van der Waals surface area (Å²) in [6.07, 6.45) is 3.92. The minimum Gasteiger partial charge on any atom is -0.323 e. The Hall–Kier alpha value is -2.33. The van der Waals surface area contributed by atoms with Gasteiger partial charge in [-0.05, 0) is 6.42 Å². The molecule has 9 nitrogen and oxygen atoms in total. The number of likely N-dealkylation sites (tertiary alicyclic amines) is 1. The number of carbonyl (C=O) groups excluding carboxylic acids is 3. The van der Waals surface area contributed by atoms with E-state index in [1.807, 2.05) is 0 Å². The van der Waals surface area contributed by atoms with Gasteiger partial charge in [-0.1, -0.05) is 6.92 Å². The smallest absolute Gasteiger partial charge is 0.323 e. The van der Waals surface area contributed by atoms with E-state index in [9.17, 15) is 22.8 Å². The van der Waals surface area contributed by atoms with Crippen molar-refractivity contribution in [3.63, 3.8) is 0 Å². The maximum atomic E-state index is 12.4. The summed E-state index contributed by atoms with van der Waals surface area (Å²) >= 11 is 0. The summed E-state index contributed by atoms with van der Waals surface area (Å²) in [4.78, 5) is 37.3. The van der Waals surface area contributed by atoms with Crippen molar-refractivity contribution in [3.05, 3.63) is 30.1 Å². The maximum absolute atomic E-state index is 12.4. The zero-order chi connectivity index (χ0) is 18.4. The molecule has 10 heteroatoms. The highest BCUT2D eigenvalue weighted by atomic mass is 32.2. The van der Waals surface area contributed by atoms with Crippen molar-refractivity contribution >= 4 is 27.9 Å². The molecular formula is C15H18N3O6S+. The second-order valence-electron chi connectivity index (χ2n) is 6.04. The number of hydrogen-bond donors (Lipinski definition) is 1. The molecule has 25 heavy (non-hydrogen) atoms. The van der Waals surface area contributed by atoms with Gasteiger partial charge >= 0.3 is 10.3 Å². The molecule has 2 aliphatic heterocycles. The molecule has 2 amide bonds. The van der Waals surface area contributed by atoms with Crippen LogP contribution in [-0.2, 0) is 26.4 Å². The molecule has 0 spiro atoms. The zero-order valence-electron chi connectivity index (χ0n) is 13.5. The van der Waals surface area contributed by atoms with Crippen molar-refractivity contribution in [1.29, 1.82) is 0 Å². The summed E-state index contributed by atoms with van der Waals surface area (Å²) in [5.41, 5.74) is 0.561. The number of pyridine rings is 1. The number of β-lactam (4-membered cyclic amide) rings is 1. The number of aromatic nitrogens is 1. The van der Waals surface area contributed by atoms with E-state index in [1.54, 1.807) is 36.0 Å². The third kappa shape index (κ3) is 3.02. The van der Waals surface area contributed by atoms with Gasteiger partial charge in [0.15, 0.2) is 18.2 Å². The number of nitrogens with zero attached hydrogens (tertiary/aromatic N) is 3. The van der Waals surface area contributed by atoms with Gasteiger partial charge in [-0.15, -0.1) is 0 Å². The number of amides is 2. The van der Waals surface area contributed by atoms with E-state index >= 15 is 0 Å². The van der Waals surface area contributed by atoms with Gasteiger partial charge < -0.3 is 4.90 Å². The van der Waals surface area contributed by atoms with E-state index < -0.39 is 28.3 Å². The number of rotatable bonds is 5. The topological polar surface area (TPSA) is 116 Å². The minimum absolute atomic E-state index is 0.00577. The molecule has 3 heterocycles. The van der Waals surface area contributed by atoms with Crippen molar-refractivity contribution in [2.45, 2.75) is 38.4 Å². The van der Waals surface area contributed by atoms with Crippen molar-refractivity contribution in [2.75, 3.05) is 6.54 Å². The van der Waals surface area contributed by atoms with Gasteiger partial charge in [-0.3, -0.25) is 18.9 Å². The minimum atomic E-state index is -4.58. The van der Waals surface area contributed by atoms with Crippen LogP contribution in [0, 0.1) is 0 Å². The highest BCUT2D eigenvalue weighted by Gasteiger charge is 2.60. The van der Waals surface area contributed by atoms with Crippen LogP contribution in [0.1, 0.15) is 30.1 Å². The Morgan fingerprint density at radius 1 is 1.32 bits per heavy atom. The Morgan fingerprint density at radius 3 is 2.52 bits per heavy atom. The van der Waals surface area contributed by atoms with Gasteiger partial charge in [-0.25, -0.2) is 4.31 Å². The van der Waals surface area contributed by atoms with Crippen molar-refractivity contribution in [2.24, 2.45) is 0 Å². The van der Waals surface area contributed by atoms with Gasteiger partial charge in [0.1, 0.15) is 6.04 Å². The average molecular weight is 368 g/mol. The SMILES string of the molecule is CCC(=O)c1cc[n+](CC(=O)N2CC[C@@H]3[C@H]2C(=O)N3S(=O)(=O)O)cc1. The molecule has 2 atom stereocenters. The normalized spacial score (nSPS) is 22.6. The summed E-state index contributed by atoms with van der Waals surface area (Å²) in [6.45, 7) is 1.99. The maximum Gasteiger partial charge on any atom is 0.362 e. The lowest BCUT2D eigenvalue weighted by atomic mass is 10.0. The van der Waals surface area contributed by atoms with Gasteiger partial charge in [0.25, 0.3) is 11.8 Å². The number of hydrogen-bond acceptors (Lipinski definition) is 5. The molecule has 0 aliphatic carbocycles. The van der Waals surface area contributed by atoms with Crippen LogP contribution in [0.2, 0.25) is 0 Å². The first-order chi connectivity index (χ1) is 11.7. The quantitative estimate of drug-likeness (QED) is 0.314. The van der Waals surface area contributed by atoms with Crippen LogP contribution in [0.3, 0.4) is 0 Å². The lowest BCUT2D eigenvalue weighted by Gasteiger charge is -2.42. The first-order valence-corrected chi connectivity index (χ1v) is 9.26. The van der Waals surface area contributed by atoms with E-state index in [0.29, 0.717) is 22.7 Å². The van der Waals surface area contributed by atoms with Gasteiger partial charge in [0.05, 0.1) is 6.04 Å². The Bertz CT molecular complexity index is 835. The van der Waals surface area contributed by atoms with E-state index in [-0.39, 0.29) is 24.8 Å². The highest BCUT2D eigenvalue weighted by Crippen LogP contribution is 2.35. The third-order valence-electron chi connectivity index (χ3n) is 4.56. The molecule has 134 valence electrons. The second kappa shape index (κ2) is 6.19. The standard InChI is InChI=1S/C15H17N3O6S/c1-2-12(19)10-3-6-16(7-4-10)9-13(20)17-8-5-11-14(17)15(21)18(11)25(22,23)24/h3-4,6-7,11,14H,2,5,8-9H2,1H3/p+1/t11-,14+/m1/s1. The molecular weight excluding hydrogens is 350 g/mol. The lowest BCUT2D eigenvalue weighted by molar-refractivity contribution is -0.685. The fourth-order valence-electron chi connectivity index (χ4n) is 3.30. The summed E-state index contributed by atoms with van der Waals surface area (Å²) in [5.74, 6) is -1.10. The van der Waals surface area contributed by atoms with Crippen LogP contribution in [0.25, 0.3) is 0 Å². The Labute approximate surface area is 144 Å². The molecule has 1 aromatic heterocycles. The van der Waals surface area contributed by atoms with Gasteiger partial charge in [-0.2, -0.15) is 13.0 Å². The Morgan fingerprint density at radius 2 is 1.96 bits per heavy atom. The molecule has 2 aliphatic rings. The fourth-order valence-corrected chi connectivity index (χ4v) is 4.19. The molecule has 3 rings (SSSR count). The van der Waals surface area contributed by atoms with Gasteiger partial charge in [0.2, 0.25) is 6.54 Å². The van der Waals surface area contributed by atoms with E-state index in [1.165, 1.54) is 4.90 Å². The van der Waals surface area contributed by atoms with E-state index in [2.05, 4.69) is 0 Å². The van der Waals surface area contributed by atoms with Crippen LogP contribution >= 0.6 is 0 Å². The molecule has 1 aromatic rings. The summed E-state index contributed by atoms with van der Waals surface area (Å²) < 4.78 is 33.4. The molecule has 1 N–H and O–H groups in total. The number of ketones is 1. The fraction of sp³-hybridized carbons (Fsp3) is 0.467. The van der Waals surface area contributed by atoms with Gasteiger partial charge in [0, 0.05) is 30.7 Å².